The van der Waals surface area contributed by atoms with Crippen LogP contribution in [0.25, 0.3) is 0 Å². The molecule has 0 saturated heterocycles. The van der Waals surface area contributed by atoms with Gasteiger partial charge in [-0.2, -0.15) is 0 Å². The molecule has 0 aliphatic heterocycles. The maximum absolute atomic E-state index is 11.9. The van der Waals surface area contributed by atoms with Crippen molar-refractivity contribution in [3.63, 3.8) is 0 Å². The fraction of sp³-hybridized carbons (Fsp3) is 0.526. The molecule has 1 amide bonds. The maximum atomic E-state index is 11.9. The van der Waals surface area contributed by atoms with Crippen LogP contribution in [0.4, 0.5) is 0 Å². The molecular formula is C19H25Cl2NO6. The molecule has 9 heteroatoms. The van der Waals surface area contributed by atoms with Crippen LogP contribution in [0.2, 0.25) is 10.0 Å². The smallest absolute Gasteiger partial charge is 0.328 e. The molecule has 7 nitrogen and oxygen atoms in total. The highest BCUT2D eigenvalue weighted by molar-refractivity contribution is 6.35. The Hall–Kier alpha value is -1.99. The van der Waals surface area contributed by atoms with Crippen molar-refractivity contribution < 1.29 is 28.6 Å². The fourth-order valence-corrected chi connectivity index (χ4v) is 2.68. The first-order valence-corrected chi connectivity index (χ1v) is 9.64. The van der Waals surface area contributed by atoms with Crippen LogP contribution >= 0.6 is 23.2 Å². The van der Waals surface area contributed by atoms with Crippen LogP contribution in [-0.2, 0) is 23.9 Å². The number of carbonyl (C=O) groups is 3. The van der Waals surface area contributed by atoms with Crippen molar-refractivity contribution in [3.05, 3.63) is 28.2 Å². The molecule has 2 unspecified atom stereocenters. The Kier molecular flexibility index (Phi) is 10.7. The Morgan fingerprint density at radius 3 is 2.54 bits per heavy atom. The third-order valence-electron chi connectivity index (χ3n) is 4.03. The predicted octanol–water partition coefficient (Wildman–Crippen LogP) is 3.40. The molecule has 1 N–H and O–H groups in total. The van der Waals surface area contributed by atoms with Crippen molar-refractivity contribution >= 4 is 41.0 Å². The van der Waals surface area contributed by atoms with E-state index >= 15 is 0 Å². The number of carbonyl (C=O) groups excluding carboxylic acids is 3. The molecule has 1 aromatic carbocycles. The van der Waals surface area contributed by atoms with E-state index in [1.54, 1.807) is 18.2 Å². The number of amides is 1. The van der Waals surface area contributed by atoms with Crippen molar-refractivity contribution in [2.45, 2.75) is 39.2 Å². The van der Waals surface area contributed by atoms with Gasteiger partial charge in [-0.05, 0) is 30.5 Å². The molecule has 1 rings (SSSR count). The van der Waals surface area contributed by atoms with Crippen molar-refractivity contribution in [1.29, 1.82) is 0 Å². The molecule has 0 saturated carbocycles. The molecule has 0 aliphatic rings. The summed E-state index contributed by atoms with van der Waals surface area (Å²) in [5, 5.41) is 3.42. The normalized spacial score (nSPS) is 12.6. The number of methoxy groups -OCH3 is 1. The van der Waals surface area contributed by atoms with Gasteiger partial charge in [-0.15, -0.1) is 0 Å². The lowest BCUT2D eigenvalue weighted by Gasteiger charge is -2.21. The standard InChI is InChI=1S/C19H25Cl2NO6/c1-4-12(2)18(19(25)26-3)22-16(23)11-28-17(24)6-5-9-27-15-8-7-13(20)10-14(15)21/h7-8,10,12,18H,4-6,9,11H2,1-3H3,(H,22,23). The third-order valence-corrected chi connectivity index (χ3v) is 4.56. The SMILES string of the molecule is CCC(C)C(NC(=O)COC(=O)CCCOc1ccc(Cl)cc1Cl)C(=O)OC. The minimum absolute atomic E-state index is 0.0737. The van der Waals surface area contributed by atoms with Crippen molar-refractivity contribution in [2.24, 2.45) is 5.92 Å². The number of nitrogens with one attached hydrogen (secondary N) is 1. The van der Waals surface area contributed by atoms with Crippen molar-refractivity contribution in [1.82, 2.24) is 5.32 Å². The van der Waals surface area contributed by atoms with Crippen LogP contribution < -0.4 is 10.1 Å². The van der Waals surface area contributed by atoms with Gasteiger partial charge in [0, 0.05) is 11.4 Å². The van der Waals surface area contributed by atoms with Crippen LogP contribution in [0.5, 0.6) is 5.75 Å². The van der Waals surface area contributed by atoms with Gasteiger partial charge >= 0.3 is 11.9 Å². The second-order valence-corrected chi connectivity index (χ2v) is 6.98. The number of rotatable bonds is 11. The Morgan fingerprint density at radius 1 is 1.21 bits per heavy atom. The summed E-state index contributed by atoms with van der Waals surface area (Å²) in [6, 6.07) is 4.07. The second-order valence-electron chi connectivity index (χ2n) is 6.14. The number of benzene rings is 1. The van der Waals surface area contributed by atoms with E-state index in [0.717, 1.165) is 0 Å². The molecule has 0 radical (unpaired) electrons. The third kappa shape index (κ3) is 8.35. The number of esters is 2. The number of ether oxygens (including phenoxy) is 3. The van der Waals surface area contributed by atoms with Gasteiger partial charge in [0.1, 0.15) is 11.8 Å². The van der Waals surface area contributed by atoms with Gasteiger partial charge in [0.25, 0.3) is 5.91 Å². The first kappa shape index (κ1) is 24.0. The zero-order valence-electron chi connectivity index (χ0n) is 16.1. The number of hydrogen-bond donors (Lipinski definition) is 1. The molecule has 0 aliphatic carbocycles. The zero-order valence-corrected chi connectivity index (χ0v) is 17.6. The van der Waals surface area contributed by atoms with Crippen LogP contribution in [0.15, 0.2) is 18.2 Å². The van der Waals surface area contributed by atoms with Crippen LogP contribution in [0, 0.1) is 5.92 Å². The minimum Gasteiger partial charge on any atom is -0.492 e. The Balaban J connectivity index is 2.31. The zero-order chi connectivity index (χ0) is 21.1. The topological polar surface area (TPSA) is 90.9 Å². The maximum Gasteiger partial charge on any atom is 0.328 e. The van der Waals surface area contributed by atoms with Crippen LogP contribution in [0.1, 0.15) is 33.1 Å². The first-order chi connectivity index (χ1) is 13.3. The van der Waals surface area contributed by atoms with E-state index in [1.165, 1.54) is 7.11 Å². The average Bonchev–Trinajstić information content (AvgIpc) is 2.67. The van der Waals surface area contributed by atoms with Gasteiger partial charge in [-0.25, -0.2) is 4.79 Å². The summed E-state index contributed by atoms with van der Waals surface area (Å²) >= 11 is 11.8. The summed E-state index contributed by atoms with van der Waals surface area (Å²) in [5.41, 5.74) is 0. The van der Waals surface area contributed by atoms with E-state index in [0.29, 0.717) is 28.6 Å². The van der Waals surface area contributed by atoms with E-state index < -0.39 is 30.5 Å². The van der Waals surface area contributed by atoms with Gasteiger partial charge in [0.2, 0.25) is 0 Å². The molecular weight excluding hydrogens is 409 g/mol. The van der Waals surface area contributed by atoms with Gasteiger partial charge in [0.15, 0.2) is 6.61 Å². The highest BCUT2D eigenvalue weighted by Crippen LogP contribution is 2.27. The molecule has 0 bridgehead atoms. The Morgan fingerprint density at radius 2 is 1.93 bits per heavy atom. The van der Waals surface area contributed by atoms with E-state index in [9.17, 15) is 14.4 Å². The lowest BCUT2D eigenvalue weighted by atomic mass is 9.99. The molecule has 156 valence electrons. The van der Waals surface area contributed by atoms with Crippen molar-refractivity contribution in [2.75, 3.05) is 20.3 Å². The first-order valence-electron chi connectivity index (χ1n) is 8.89. The van der Waals surface area contributed by atoms with Gasteiger partial charge in [-0.3, -0.25) is 9.59 Å². The average molecular weight is 434 g/mol. The molecule has 28 heavy (non-hydrogen) atoms. The summed E-state index contributed by atoms with van der Waals surface area (Å²) in [6.45, 7) is 3.50. The van der Waals surface area contributed by atoms with Crippen LogP contribution in [-0.4, -0.2) is 44.2 Å². The van der Waals surface area contributed by atoms with E-state index in [-0.39, 0.29) is 18.9 Å². The van der Waals surface area contributed by atoms with E-state index in [4.69, 9.17) is 32.7 Å². The fourth-order valence-electron chi connectivity index (χ4n) is 2.22. The minimum atomic E-state index is -0.779. The monoisotopic (exact) mass is 433 g/mol. The lowest BCUT2D eigenvalue weighted by molar-refractivity contribution is -0.151. The summed E-state index contributed by atoms with van der Waals surface area (Å²) < 4.78 is 15.1. The molecule has 0 heterocycles. The lowest BCUT2D eigenvalue weighted by Crippen LogP contribution is -2.47. The number of hydrogen-bond acceptors (Lipinski definition) is 6. The second kappa shape index (κ2) is 12.5. The largest absolute Gasteiger partial charge is 0.492 e. The molecule has 1 aromatic rings. The van der Waals surface area contributed by atoms with Gasteiger partial charge < -0.3 is 19.5 Å². The Bertz CT molecular complexity index is 682. The van der Waals surface area contributed by atoms with Gasteiger partial charge in [0.05, 0.1) is 18.7 Å². The quantitative estimate of drug-likeness (QED) is 0.424. The predicted molar refractivity (Wildman–Crippen MR) is 106 cm³/mol. The van der Waals surface area contributed by atoms with Crippen LogP contribution in [0.3, 0.4) is 0 Å². The molecule has 2 atom stereocenters. The summed E-state index contributed by atoms with van der Waals surface area (Å²) in [6.07, 6.45) is 1.14. The van der Waals surface area contributed by atoms with E-state index in [2.05, 4.69) is 10.1 Å². The number of halogens is 2. The summed E-state index contributed by atoms with van der Waals surface area (Å²) in [7, 11) is 1.25. The van der Waals surface area contributed by atoms with Crippen molar-refractivity contribution in [3.8, 4) is 5.75 Å². The summed E-state index contributed by atoms with van der Waals surface area (Å²) in [4.78, 5) is 35.4. The Labute approximate surface area is 174 Å². The molecule has 0 fully saturated rings. The summed E-state index contributed by atoms with van der Waals surface area (Å²) in [5.74, 6) is -1.28. The van der Waals surface area contributed by atoms with Gasteiger partial charge in [-0.1, -0.05) is 43.5 Å². The van der Waals surface area contributed by atoms with E-state index in [1.807, 2.05) is 13.8 Å². The highest BCUT2D eigenvalue weighted by atomic mass is 35.5. The molecule has 0 spiro atoms. The highest BCUT2D eigenvalue weighted by Gasteiger charge is 2.26. The molecule has 0 aromatic heterocycles.